The minimum atomic E-state index is -1.60. The molecule has 1 aliphatic heterocycles. The van der Waals surface area contributed by atoms with Crippen molar-refractivity contribution in [2.45, 2.75) is 25.9 Å². The molecule has 1 N–H and O–H groups in total. The van der Waals surface area contributed by atoms with Crippen molar-refractivity contribution in [2.24, 2.45) is 0 Å². The number of benzene rings is 2. The van der Waals surface area contributed by atoms with Crippen LogP contribution in [0.1, 0.15) is 23.7 Å². The summed E-state index contributed by atoms with van der Waals surface area (Å²) in [6.07, 6.45) is 0.425. The van der Waals surface area contributed by atoms with E-state index in [9.17, 15) is 18.0 Å². The second kappa shape index (κ2) is 7.55. The molecule has 9 heteroatoms. The van der Waals surface area contributed by atoms with Crippen LogP contribution in [0.2, 0.25) is 0 Å². The van der Waals surface area contributed by atoms with E-state index in [2.05, 4.69) is 10.5 Å². The van der Waals surface area contributed by atoms with Gasteiger partial charge >= 0.3 is 6.03 Å². The first kappa shape index (κ1) is 19.5. The standard InChI is InChI=1S/C21H15F3N4O2/c1-11-6-18-15(20(30-27-18)13-4-2-12(9-25)3-5-13)10-28(11)21(29)26-14-7-16(22)19(24)17(23)8-14/h2-5,7-8,11H,6,10H2,1H3,(H,26,29)/t11-/m0/s1. The molecule has 0 bridgehead atoms. The average Bonchev–Trinajstić information content (AvgIpc) is 3.14. The van der Waals surface area contributed by atoms with Gasteiger partial charge in [0.05, 0.1) is 23.9 Å². The molecule has 2 amide bonds. The van der Waals surface area contributed by atoms with Crippen molar-refractivity contribution in [3.8, 4) is 17.4 Å². The summed E-state index contributed by atoms with van der Waals surface area (Å²) < 4.78 is 45.5. The lowest BCUT2D eigenvalue weighted by Crippen LogP contribution is -2.44. The molecule has 2 aromatic carbocycles. The van der Waals surface area contributed by atoms with E-state index in [1.807, 2.05) is 13.0 Å². The smallest absolute Gasteiger partial charge is 0.322 e. The van der Waals surface area contributed by atoms with E-state index in [1.54, 1.807) is 24.3 Å². The van der Waals surface area contributed by atoms with Crippen LogP contribution in [-0.4, -0.2) is 22.1 Å². The van der Waals surface area contributed by atoms with Crippen molar-refractivity contribution in [3.05, 3.63) is 70.7 Å². The number of carbonyl (C=O) groups is 1. The molecule has 0 spiro atoms. The Kier molecular flexibility index (Phi) is 4.91. The fourth-order valence-electron chi connectivity index (χ4n) is 3.40. The van der Waals surface area contributed by atoms with Crippen LogP contribution in [0.25, 0.3) is 11.3 Å². The molecule has 3 aromatic rings. The minimum Gasteiger partial charge on any atom is -0.356 e. The summed E-state index contributed by atoms with van der Waals surface area (Å²) in [5.74, 6) is -3.89. The molecule has 152 valence electrons. The summed E-state index contributed by atoms with van der Waals surface area (Å²) in [6, 6.07) is 9.39. The summed E-state index contributed by atoms with van der Waals surface area (Å²) in [7, 11) is 0. The van der Waals surface area contributed by atoms with Gasteiger partial charge in [-0.15, -0.1) is 0 Å². The molecule has 0 fully saturated rings. The van der Waals surface area contributed by atoms with Crippen molar-refractivity contribution < 1.29 is 22.5 Å². The summed E-state index contributed by atoms with van der Waals surface area (Å²) in [4.78, 5) is 14.2. The third-order valence-corrected chi connectivity index (χ3v) is 4.99. The molecular weight excluding hydrogens is 397 g/mol. The maximum atomic E-state index is 13.4. The zero-order valence-electron chi connectivity index (χ0n) is 15.7. The molecule has 4 rings (SSSR count). The number of halogens is 3. The Hall–Kier alpha value is -3.80. The first-order valence-corrected chi connectivity index (χ1v) is 9.07. The van der Waals surface area contributed by atoms with Gasteiger partial charge in [-0.3, -0.25) is 0 Å². The van der Waals surface area contributed by atoms with Gasteiger partial charge in [-0.25, -0.2) is 18.0 Å². The lowest BCUT2D eigenvalue weighted by Gasteiger charge is -2.32. The highest BCUT2D eigenvalue weighted by Crippen LogP contribution is 2.33. The predicted molar refractivity (Wildman–Crippen MR) is 101 cm³/mol. The SMILES string of the molecule is C[C@H]1Cc2noc(-c3ccc(C#N)cc3)c2CN1C(=O)Nc1cc(F)c(F)c(F)c1. The third-order valence-electron chi connectivity index (χ3n) is 4.99. The molecule has 1 atom stereocenters. The molecule has 1 aliphatic rings. The maximum Gasteiger partial charge on any atom is 0.322 e. The number of anilines is 1. The van der Waals surface area contributed by atoms with Crippen LogP contribution in [-0.2, 0) is 13.0 Å². The van der Waals surface area contributed by atoms with Crippen LogP contribution in [0.3, 0.4) is 0 Å². The Bertz CT molecular complexity index is 1140. The molecule has 30 heavy (non-hydrogen) atoms. The molecule has 0 aliphatic carbocycles. The van der Waals surface area contributed by atoms with E-state index in [1.165, 1.54) is 4.90 Å². The van der Waals surface area contributed by atoms with Gasteiger partial charge in [-0.2, -0.15) is 5.26 Å². The normalized spacial score (nSPS) is 15.4. The first-order valence-electron chi connectivity index (χ1n) is 9.07. The van der Waals surface area contributed by atoms with E-state index in [4.69, 9.17) is 9.78 Å². The topological polar surface area (TPSA) is 82.2 Å². The first-order chi connectivity index (χ1) is 14.4. The second-order valence-electron chi connectivity index (χ2n) is 6.99. The summed E-state index contributed by atoms with van der Waals surface area (Å²) >= 11 is 0. The number of urea groups is 1. The van der Waals surface area contributed by atoms with E-state index in [-0.39, 0.29) is 18.3 Å². The number of hydrogen-bond donors (Lipinski definition) is 1. The van der Waals surface area contributed by atoms with E-state index in [0.717, 1.165) is 12.1 Å². The Balaban J connectivity index is 1.59. The number of nitrogens with one attached hydrogen (secondary N) is 1. The fourth-order valence-corrected chi connectivity index (χ4v) is 3.40. The van der Waals surface area contributed by atoms with Crippen LogP contribution in [0, 0.1) is 28.8 Å². The van der Waals surface area contributed by atoms with Crippen LogP contribution < -0.4 is 5.32 Å². The number of nitriles is 1. The quantitative estimate of drug-likeness (QED) is 0.623. The van der Waals surface area contributed by atoms with Gasteiger partial charge in [0.1, 0.15) is 0 Å². The maximum absolute atomic E-state index is 13.4. The number of fused-ring (bicyclic) bond motifs is 1. The lowest BCUT2D eigenvalue weighted by atomic mass is 9.97. The van der Waals surface area contributed by atoms with Gasteiger partial charge < -0.3 is 14.7 Å². The van der Waals surface area contributed by atoms with E-state index < -0.39 is 23.5 Å². The highest BCUT2D eigenvalue weighted by atomic mass is 19.2. The highest BCUT2D eigenvalue weighted by Gasteiger charge is 2.32. The second-order valence-corrected chi connectivity index (χ2v) is 6.99. The zero-order chi connectivity index (χ0) is 21.4. The van der Waals surface area contributed by atoms with Crippen molar-refractivity contribution >= 4 is 11.7 Å². The van der Waals surface area contributed by atoms with Gasteiger partial charge in [0.15, 0.2) is 23.2 Å². The third kappa shape index (κ3) is 3.48. The molecule has 6 nitrogen and oxygen atoms in total. The summed E-state index contributed by atoms with van der Waals surface area (Å²) in [5.41, 5.74) is 2.45. The van der Waals surface area contributed by atoms with E-state index in [0.29, 0.717) is 34.6 Å². The van der Waals surface area contributed by atoms with Crippen LogP contribution >= 0.6 is 0 Å². The number of amides is 2. The van der Waals surface area contributed by atoms with Gasteiger partial charge in [-0.1, -0.05) is 5.16 Å². The fraction of sp³-hybridized carbons (Fsp3) is 0.190. The zero-order valence-corrected chi connectivity index (χ0v) is 15.7. The molecule has 1 aromatic heterocycles. The average molecular weight is 412 g/mol. The predicted octanol–water partition coefficient (Wildman–Crippen LogP) is 4.61. The van der Waals surface area contributed by atoms with Crippen molar-refractivity contribution in [1.29, 1.82) is 5.26 Å². The molecular formula is C21H15F3N4O2. The van der Waals surface area contributed by atoms with Gasteiger partial charge in [-0.05, 0) is 31.2 Å². The highest BCUT2D eigenvalue weighted by molar-refractivity contribution is 5.90. The number of hydrogen-bond acceptors (Lipinski definition) is 4. The molecule has 0 saturated carbocycles. The van der Waals surface area contributed by atoms with Crippen LogP contribution in [0.4, 0.5) is 23.7 Å². The Morgan fingerprint density at radius 2 is 1.90 bits per heavy atom. The monoisotopic (exact) mass is 412 g/mol. The Morgan fingerprint density at radius 1 is 1.23 bits per heavy atom. The summed E-state index contributed by atoms with van der Waals surface area (Å²) in [6.45, 7) is 1.97. The number of nitrogens with zero attached hydrogens (tertiary/aromatic N) is 3. The molecule has 2 heterocycles. The van der Waals surface area contributed by atoms with Crippen LogP contribution in [0.15, 0.2) is 40.9 Å². The van der Waals surface area contributed by atoms with Crippen molar-refractivity contribution in [3.63, 3.8) is 0 Å². The van der Waals surface area contributed by atoms with Crippen LogP contribution in [0.5, 0.6) is 0 Å². The minimum absolute atomic E-state index is 0.160. The molecule has 0 radical (unpaired) electrons. The van der Waals surface area contributed by atoms with E-state index >= 15 is 0 Å². The Morgan fingerprint density at radius 3 is 2.53 bits per heavy atom. The lowest BCUT2D eigenvalue weighted by molar-refractivity contribution is 0.182. The van der Waals surface area contributed by atoms with Gasteiger partial charge in [0.25, 0.3) is 0 Å². The number of carbonyl (C=O) groups excluding carboxylic acids is 1. The molecule has 0 unspecified atom stereocenters. The summed E-state index contributed by atoms with van der Waals surface area (Å²) in [5, 5.41) is 15.4. The largest absolute Gasteiger partial charge is 0.356 e. The Labute approximate surface area is 169 Å². The van der Waals surface area contributed by atoms with Crippen molar-refractivity contribution in [2.75, 3.05) is 5.32 Å². The van der Waals surface area contributed by atoms with Gasteiger partial charge in [0.2, 0.25) is 0 Å². The number of rotatable bonds is 2. The van der Waals surface area contributed by atoms with Crippen molar-refractivity contribution in [1.82, 2.24) is 10.1 Å². The molecule has 0 saturated heterocycles. The number of aromatic nitrogens is 1. The van der Waals surface area contributed by atoms with Gasteiger partial charge in [0, 0.05) is 41.4 Å².